The number of hydrogen-bond acceptors (Lipinski definition) is 7. The summed E-state index contributed by atoms with van der Waals surface area (Å²) in [7, 11) is -3.56. The molecule has 1 heterocycles. The SMILES string of the molecule is CC(C)CC(CO)Nc1nc(CC(C)c2cccc(-c3ccccc3)c2)nc(NS(C)(=O)=O)n1. The summed E-state index contributed by atoms with van der Waals surface area (Å²) in [5.41, 5.74) is 3.40. The molecule has 0 fully saturated rings. The third-order valence-electron chi connectivity index (χ3n) is 5.32. The number of benzene rings is 2. The van der Waals surface area contributed by atoms with Gasteiger partial charge in [0, 0.05) is 6.42 Å². The van der Waals surface area contributed by atoms with Crippen LogP contribution in [0.3, 0.4) is 0 Å². The highest BCUT2D eigenvalue weighted by Crippen LogP contribution is 2.26. The molecule has 34 heavy (non-hydrogen) atoms. The lowest BCUT2D eigenvalue weighted by atomic mass is 9.94. The van der Waals surface area contributed by atoms with E-state index in [0.29, 0.717) is 18.2 Å². The number of hydrogen-bond donors (Lipinski definition) is 3. The Morgan fingerprint density at radius 3 is 2.24 bits per heavy atom. The van der Waals surface area contributed by atoms with Crippen molar-refractivity contribution in [3.8, 4) is 11.1 Å². The first-order chi connectivity index (χ1) is 16.1. The first-order valence-corrected chi connectivity index (χ1v) is 13.3. The van der Waals surface area contributed by atoms with Gasteiger partial charge < -0.3 is 10.4 Å². The molecule has 0 bridgehead atoms. The van der Waals surface area contributed by atoms with Crippen LogP contribution in [0.25, 0.3) is 11.1 Å². The fraction of sp³-hybridized carbons (Fsp3) is 0.400. The molecule has 3 aromatic rings. The van der Waals surface area contributed by atoms with Gasteiger partial charge in [0.15, 0.2) is 0 Å². The third-order valence-corrected chi connectivity index (χ3v) is 5.87. The maximum Gasteiger partial charge on any atom is 0.241 e. The van der Waals surface area contributed by atoms with Crippen molar-refractivity contribution in [2.45, 2.75) is 45.6 Å². The van der Waals surface area contributed by atoms with E-state index in [-0.39, 0.29) is 30.5 Å². The van der Waals surface area contributed by atoms with E-state index in [0.717, 1.165) is 29.4 Å². The van der Waals surface area contributed by atoms with Crippen LogP contribution in [-0.4, -0.2) is 47.4 Å². The zero-order chi connectivity index (χ0) is 24.7. The molecule has 182 valence electrons. The molecular weight excluding hydrogens is 450 g/mol. The van der Waals surface area contributed by atoms with Crippen LogP contribution in [0.1, 0.15) is 44.5 Å². The molecule has 3 N–H and O–H groups in total. The lowest BCUT2D eigenvalue weighted by Crippen LogP contribution is -2.27. The normalized spacial score (nSPS) is 13.5. The number of nitrogens with one attached hydrogen (secondary N) is 2. The van der Waals surface area contributed by atoms with Gasteiger partial charge in [0.1, 0.15) is 5.82 Å². The topological polar surface area (TPSA) is 117 Å². The zero-order valence-electron chi connectivity index (χ0n) is 20.1. The quantitative estimate of drug-likeness (QED) is 0.376. The molecule has 2 aromatic carbocycles. The van der Waals surface area contributed by atoms with Crippen LogP contribution in [0.2, 0.25) is 0 Å². The molecule has 0 aliphatic heterocycles. The third kappa shape index (κ3) is 7.78. The Morgan fingerprint density at radius 2 is 1.59 bits per heavy atom. The number of rotatable bonds is 11. The Morgan fingerprint density at radius 1 is 0.912 bits per heavy atom. The van der Waals surface area contributed by atoms with E-state index in [1.54, 1.807) is 0 Å². The average Bonchev–Trinajstić information content (AvgIpc) is 2.77. The molecule has 8 nitrogen and oxygen atoms in total. The van der Waals surface area contributed by atoms with E-state index in [1.165, 1.54) is 0 Å². The predicted molar refractivity (Wildman–Crippen MR) is 136 cm³/mol. The Balaban J connectivity index is 1.86. The number of aliphatic hydroxyl groups is 1. The van der Waals surface area contributed by atoms with Crippen LogP contribution >= 0.6 is 0 Å². The minimum atomic E-state index is -3.56. The Bertz CT molecular complexity index is 1190. The molecule has 0 aliphatic rings. The van der Waals surface area contributed by atoms with Gasteiger partial charge in [-0.05, 0) is 34.9 Å². The van der Waals surface area contributed by atoms with E-state index in [2.05, 4.69) is 76.1 Å². The summed E-state index contributed by atoms with van der Waals surface area (Å²) >= 11 is 0. The van der Waals surface area contributed by atoms with Crippen molar-refractivity contribution in [1.82, 2.24) is 15.0 Å². The number of anilines is 2. The fourth-order valence-electron chi connectivity index (χ4n) is 3.76. The number of aromatic nitrogens is 3. The maximum atomic E-state index is 11.8. The Kier molecular flexibility index (Phi) is 8.57. The van der Waals surface area contributed by atoms with Crippen LogP contribution in [0, 0.1) is 5.92 Å². The second-order valence-electron chi connectivity index (χ2n) is 9.02. The molecular formula is C25H33N5O3S. The summed E-state index contributed by atoms with van der Waals surface area (Å²) in [6, 6.07) is 18.3. The van der Waals surface area contributed by atoms with Gasteiger partial charge in [0.2, 0.25) is 21.9 Å². The van der Waals surface area contributed by atoms with Gasteiger partial charge in [-0.3, -0.25) is 4.72 Å². The smallest absolute Gasteiger partial charge is 0.241 e. The van der Waals surface area contributed by atoms with Crippen LogP contribution in [-0.2, 0) is 16.4 Å². The van der Waals surface area contributed by atoms with E-state index in [9.17, 15) is 13.5 Å². The van der Waals surface area contributed by atoms with E-state index < -0.39 is 10.0 Å². The Hall–Kier alpha value is -3.04. The van der Waals surface area contributed by atoms with Gasteiger partial charge >= 0.3 is 0 Å². The van der Waals surface area contributed by atoms with Gasteiger partial charge in [-0.1, -0.05) is 75.4 Å². The van der Waals surface area contributed by atoms with Crippen molar-refractivity contribution >= 4 is 21.9 Å². The summed E-state index contributed by atoms with van der Waals surface area (Å²) in [5.74, 6) is 1.09. The van der Waals surface area contributed by atoms with Crippen LogP contribution < -0.4 is 10.0 Å². The summed E-state index contributed by atoms with van der Waals surface area (Å²) in [6.45, 7) is 6.12. The second-order valence-corrected chi connectivity index (χ2v) is 10.8. The molecule has 3 rings (SSSR count). The standard InChI is InChI=1S/C25H33N5O3S/c1-17(2)13-22(16-31)26-24-27-23(28-25(29-24)30-34(4,32)33)14-18(3)20-11-8-12-21(15-20)19-9-6-5-7-10-19/h5-12,15,17-18,22,31H,13-14,16H2,1-4H3,(H2,26,27,28,29,30). The highest BCUT2D eigenvalue weighted by atomic mass is 32.2. The van der Waals surface area contributed by atoms with Crippen molar-refractivity contribution < 1.29 is 13.5 Å². The van der Waals surface area contributed by atoms with E-state index in [1.807, 2.05) is 24.3 Å². The lowest BCUT2D eigenvalue weighted by Gasteiger charge is -2.19. The van der Waals surface area contributed by atoms with Gasteiger partial charge in [0.25, 0.3) is 0 Å². The van der Waals surface area contributed by atoms with Crippen LogP contribution in [0.15, 0.2) is 54.6 Å². The maximum absolute atomic E-state index is 11.8. The molecule has 0 radical (unpaired) electrons. The van der Waals surface area contributed by atoms with Crippen LogP contribution in [0.5, 0.6) is 0 Å². The largest absolute Gasteiger partial charge is 0.394 e. The van der Waals surface area contributed by atoms with Crippen molar-refractivity contribution in [3.63, 3.8) is 0 Å². The van der Waals surface area contributed by atoms with Crippen molar-refractivity contribution in [1.29, 1.82) is 0 Å². The molecule has 0 spiro atoms. The fourth-order valence-corrected chi connectivity index (χ4v) is 4.19. The molecule has 2 unspecified atom stereocenters. The minimum Gasteiger partial charge on any atom is -0.394 e. The molecule has 0 aliphatic carbocycles. The second kappa shape index (κ2) is 11.4. The number of nitrogens with zero attached hydrogens (tertiary/aromatic N) is 3. The summed E-state index contributed by atoms with van der Waals surface area (Å²) in [6.07, 6.45) is 2.26. The first-order valence-electron chi connectivity index (χ1n) is 11.4. The van der Waals surface area contributed by atoms with Gasteiger partial charge in [-0.2, -0.15) is 15.0 Å². The molecule has 0 amide bonds. The van der Waals surface area contributed by atoms with Gasteiger partial charge in [-0.15, -0.1) is 0 Å². The first kappa shape index (κ1) is 25.6. The highest BCUT2D eigenvalue weighted by Gasteiger charge is 2.17. The minimum absolute atomic E-state index is 0.0403. The van der Waals surface area contributed by atoms with Gasteiger partial charge in [0.05, 0.1) is 18.9 Å². The van der Waals surface area contributed by atoms with Crippen molar-refractivity contribution in [3.05, 3.63) is 66.0 Å². The molecule has 0 saturated carbocycles. The molecule has 1 aromatic heterocycles. The lowest BCUT2D eigenvalue weighted by molar-refractivity contribution is 0.259. The molecule has 0 saturated heterocycles. The highest BCUT2D eigenvalue weighted by molar-refractivity contribution is 7.91. The number of aliphatic hydroxyl groups excluding tert-OH is 1. The number of sulfonamides is 1. The molecule has 2 atom stereocenters. The summed E-state index contributed by atoms with van der Waals surface area (Å²) in [4.78, 5) is 13.1. The summed E-state index contributed by atoms with van der Waals surface area (Å²) < 4.78 is 25.9. The van der Waals surface area contributed by atoms with E-state index >= 15 is 0 Å². The zero-order valence-corrected chi connectivity index (χ0v) is 20.9. The predicted octanol–water partition coefficient (Wildman–Crippen LogP) is 4.08. The van der Waals surface area contributed by atoms with E-state index in [4.69, 9.17) is 0 Å². The summed E-state index contributed by atoms with van der Waals surface area (Å²) in [5, 5.41) is 12.9. The van der Waals surface area contributed by atoms with Crippen molar-refractivity contribution in [2.75, 3.05) is 22.9 Å². The molecule has 9 heteroatoms. The monoisotopic (exact) mass is 483 g/mol. The van der Waals surface area contributed by atoms with Gasteiger partial charge in [-0.25, -0.2) is 8.42 Å². The average molecular weight is 484 g/mol. The van der Waals surface area contributed by atoms with Crippen molar-refractivity contribution in [2.24, 2.45) is 5.92 Å². The Labute approximate surface area is 202 Å². The van der Waals surface area contributed by atoms with Crippen LogP contribution in [0.4, 0.5) is 11.9 Å².